The zero-order chi connectivity index (χ0) is 23.2. The number of nitrogens with one attached hydrogen (secondary N) is 2. The van der Waals surface area contributed by atoms with Crippen LogP contribution in [-0.2, 0) is 18.4 Å². The van der Waals surface area contributed by atoms with Crippen molar-refractivity contribution in [2.75, 3.05) is 6.54 Å². The second-order valence-electron chi connectivity index (χ2n) is 8.00. The molecule has 0 aliphatic rings. The fourth-order valence-electron chi connectivity index (χ4n) is 3.68. The van der Waals surface area contributed by atoms with Crippen molar-refractivity contribution in [1.29, 1.82) is 0 Å². The second kappa shape index (κ2) is 9.99. The topological polar surface area (TPSA) is 81.0 Å². The van der Waals surface area contributed by atoms with Crippen molar-refractivity contribution >= 4 is 28.8 Å². The Hall–Kier alpha value is -4.13. The van der Waals surface area contributed by atoms with Crippen LogP contribution in [0.1, 0.15) is 27.9 Å². The number of rotatable bonds is 8. The molecule has 2 aromatic carbocycles. The van der Waals surface area contributed by atoms with E-state index in [0.717, 1.165) is 35.0 Å². The van der Waals surface area contributed by atoms with Gasteiger partial charge < -0.3 is 19.8 Å². The number of aryl methyl sites for hydroxylation is 3. The lowest BCUT2D eigenvalue weighted by molar-refractivity contribution is -0.117. The van der Waals surface area contributed by atoms with E-state index in [4.69, 9.17) is 0 Å². The normalized spacial score (nSPS) is 11.5. The summed E-state index contributed by atoms with van der Waals surface area (Å²) in [5, 5.41) is 6.75. The molecule has 0 saturated heterocycles. The van der Waals surface area contributed by atoms with E-state index < -0.39 is 0 Å². The minimum Gasteiger partial charge on any atom is -0.351 e. The van der Waals surface area contributed by atoms with Crippen molar-refractivity contribution in [2.24, 2.45) is 7.05 Å². The third-order valence-electron chi connectivity index (χ3n) is 5.47. The molecule has 0 unspecified atom stereocenters. The van der Waals surface area contributed by atoms with Crippen LogP contribution in [0.25, 0.3) is 17.0 Å². The van der Waals surface area contributed by atoms with Crippen LogP contribution in [0.4, 0.5) is 0 Å². The summed E-state index contributed by atoms with van der Waals surface area (Å²) >= 11 is 0. The zero-order valence-electron chi connectivity index (χ0n) is 18.8. The van der Waals surface area contributed by atoms with Gasteiger partial charge in [-0.1, -0.05) is 35.9 Å². The highest BCUT2D eigenvalue weighted by molar-refractivity contribution is 6.06. The van der Waals surface area contributed by atoms with Gasteiger partial charge in [0.1, 0.15) is 5.70 Å². The minimum atomic E-state index is -0.325. The van der Waals surface area contributed by atoms with Crippen LogP contribution in [0.3, 0.4) is 0 Å². The lowest BCUT2D eigenvalue weighted by Gasteiger charge is -2.11. The van der Waals surface area contributed by atoms with Crippen molar-refractivity contribution in [2.45, 2.75) is 19.9 Å². The SMILES string of the molecule is Cc1ccc(C(=O)NC(=Cc2cn(C)c3ccccc23)C(=O)NCCCn2ccnc2)cc1. The standard InChI is InChI=1S/C26H27N5O2/c1-19-8-10-20(11-9-19)25(32)29-23(26(33)28-12-5-14-31-15-13-27-18-31)16-21-17-30(2)24-7-4-3-6-22(21)24/h3-4,6-11,13,15-18H,5,12,14H2,1-2H3,(H,28,33)(H,29,32). The Balaban J connectivity index is 1.55. The van der Waals surface area contributed by atoms with Gasteiger partial charge in [0, 0.05) is 60.8 Å². The van der Waals surface area contributed by atoms with E-state index in [-0.39, 0.29) is 17.5 Å². The fraction of sp³-hybridized carbons (Fsp3) is 0.192. The van der Waals surface area contributed by atoms with Gasteiger partial charge >= 0.3 is 0 Å². The summed E-state index contributed by atoms with van der Waals surface area (Å²) in [5.74, 6) is -0.649. The Bertz CT molecular complexity index is 1280. The van der Waals surface area contributed by atoms with Crippen LogP contribution in [0.15, 0.2) is 79.1 Å². The number of fused-ring (bicyclic) bond motifs is 1. The van der Waals surface area contributed by atoms with Gasteiger partial charge in [0.25, 0.3) is 11.8 Å². The Morgan fingerprint density at radius 2 is 1.88 bits per heavy atom. The summed E-state index contributed by atoms with van der Waals surface area (Å²) in [6.07, 6.45) is 9.79. The number of imidazole rings is 1. The predicted molar refractivity (Wildman–Crippen MR) is 129 cm³/mol. The van der Waals surface area contributed by atoms with Crippen molar-refractivity contribution in [3.8, 4) is 0 Å². The van der Waals surface area contributed by atoms with E-state index >= 15 is 0 Å². The van der Waals surface area contributed by atoms with E-state index in [1.165, 1.54) is 0 Å². The number of aromatic nitrogens is 3. The average Bonchev–Trinajstić information content (AvgIpc) is 3.45. The molecule has 0 atom stereocenters. The first kappa shape index (κ1) is 22.1. The number of hydrogen-bond donors (Lipinski definition) is 2. The smallest absolute Gasteiger partial charge is 0.267 e. The Morgan fingerprint density at radius 1 is 1.09 bits per heavy atom. The first-order valence-corrected chi connectivity index (χ1v) is 10.9. The summed E-state index contributed by atoms with van der Waals surface area (Å²) < 4.78 is 3.96. The van der Waals surface area contributed by atoms with E-state index in [1.807, 2.05) is 71.9 Å². The number of carbonyl (C=O) groups is 2. The molecule has 0 aliphatic carbocycles. The van der Waals surface area contributed by atoms with E-state index in [2.05, 4.69) is 15.6 Å². The highest BCUT2D eigenvalue weighted by Crippen LogP contribution is 2.22. The Labute approximate surface area is 192 Å². The maximum absolute atomic E-state index is 13.1. The van der Waals surface area contributed by atoms with Crippen molar-refractivity contribution in [3.63, 3.8) is 0 Å². The molecule has 0 bridgehead atoms. The number of nitrogens with zero attached hydrogens (tertiary/aromatic N) is 3. The molecule has 2 heterocycles. The Morgan fingerprint density at radius 3 is 2.64 bits per heavy atom. The first-order valence-electron chi connectivity index (χ1n) is 10.9. The molecular weight excluding hydrogens is 414 g/mol. The average molecular weight is 442 g/mol. The van der Waals surface area contributed by atoms with Gasteiger partial charge in [0.15, 0.2) is 0 Å². The Kier molecular flexibility index (Phi) is 6.69. The van der Waals surface area contributed by atoms with E-state index in [1.54, 1.807) is 30.7 Å². The van der Waals surface area contributed by atoms with Crippen molar-refractivity contribution < 1.29 is 9.59 Å². The summed E-state index contributed by atoms with van der Waals surface area (Å²) in [6, 6.07) is 15.2. The molecular formula is C26H27N5O2. The predicted octanol–water partition coefficient (Wildman–Crippen LogP) is 3.66. The molecule has 0 saturated carbocycles. The lowest BCUT2D eigenvalue weighted by Crippen LogP contribution is -2.35. The molecule has 0 spiro atoms. The van der Waals surface area contributed by atoms with Gasteiger partial charge in [-0.2, -0.15) is 0 Å². The molecule has 7 heteroatoms. The van der Waals surface area contributed by atoms with Gasteiger partial charge in [0.2, 0.25) is 0 Å². The van der Waals surface area contributed by atoms with Gasteiger partial charge in [-0.3, -0.25) is 9.59 Å². The van der Waals surface area contributed by atoms with Crippen LogP contribution in [0.5, 0.6) is 0 Å². The molecule has 2 amide bonds. The molecule has 2 N–H and O–H groups in total. The third-order valence-corrected chi connectivity index (χ3v) is 5.47. The zero-order valence-corrected chi connectivity index (χ0v) is 18.8. The quantitative estimate of drug-likeness (QED) is 0.323. The summed E-state index contributed by atoms with van der Waals surface area (Å²) in [4.78, 5) is 29.9. The number of benzene rings is 2. The maximum atomic E-state index is 13.1. The summed E-state index contributed by atoms with van der Waals surface area (Å²) in [5.41, 5.74) is 3.68. The maximum Gasteiger partial charge on any atom is 0.267 e. The molecule has 33 heavy (non-hydrogen) atoms. The fourth-order valence-corrected chi connectivity index (χ4v) is 3.68. The van der Waals surface area contributed by atoms with Crippen LogP contribution in [0.2, 0.25) is 0 Å². The molecule has 4 rings (SSSR count). The molecule has 0 aliphatic heterocycles. The summed E-state index contributed by atoms with van der Waals surface area (Å²) in [7, 11) is 1.96. The van der Waals surface area contributed by atoms with E-state index in [9.17, 15) is 9.59 Å². The lowest BCUT2D eigenvalue weighted by atomic mass is 10.1. The van der Waals surface area contributed by atoms with E-state index in [0.29, 0.717) is 12.1 Å². The number of hydrogen-bond acceptors (Lipinski definition) is 3. The minimum absolute atomic E-state index is 0.208. The van der Waals surface area contributed by atoms with Crippen molar-refractivity contribution in [1.82, 2.24) is 24.8 Å². The molecule has 4 aromatic rings. The second-order valence-corrected chi connectivity index (χ2v) is 8.00. The van der Waals surface area contributed by atoms with Gasteiger partial charge in [-0.25, -0.2) is 4.98 Å². The summed E-state index contributed by atoms with van der Waals surface area (Å²) in [6.45, 7) is 3.19. The van der Waals surface area contributed by atoms with Crippen molar-refractivity contribution in [3.05, 3.63) is 95.8 Å². The van der Waals surface area contributed by atoms with Crippen LogP contribution in [-0.4, -0.2) is 32.5 Å². The number of carbonyl (C=O) groups excluding carboxylic acids is 2. The van der Waals surface area contributed by atoms with Crippen LogP contribution in [0, 0.1) is 6.92 Å². The van der Waals surface area contributed by atoms with Crippen LogP contribution < -0.4 is 10.6 Å². The van der Waals surface area contributed by atoms with Gasteiger partial charge in [0.05, 0.1) is 6.33 Å². The molecule has 2 aromatic heterocycles. The highest BCUT2D eigenvalue weighted by atomic mass is 16.2. The first-order chi connectivity index (χ1) is 16.0. The van der Waals surface area contributed by atoms with Gasteiger partial charge in [-0.05, 0) is 37.6 Å². The number of amides is 2. The third kappa shape index (κ3) is 5.38. The molecule has 168 valence electrons. The van der Waals surface area contributed by atoms with Gasteiger partial charge in [-0.15, -0.1) is 0 Å². The molecule has 7 nitrogen and oxygen atoms in total. The highest BCUT2D eigenvalue weighted by Gasteiger charge is 2.16. The van der Waals surface area contributed by atoms with Crippen LogP contribution >= 0.6 is 0 Å². The largest absolute Gasteiger partial charge is 0.351 e. The number of para-hydroxylation sites is 1. The molecule has 0 radical (unpaired) electrons. The molecule has 0 fully saturated rings. The monoisotopic (exact) mass is 441 g/mol.